The zero-order valence-electron chi connectivity index (χ0n) is 21.1. The fourth-order valence-corrected chi connectivity index (χ4v) is 5.31. The molecule has 1 saturated heterocycles. The first-order valence-corrected chi connectivity index (χ1v) is 12.5. The molecule has 1 amide bonds. The minimum Gasteiger partial charge on any atom is -0.399 e. The van der Waals surface area contributed by atoms with Gasteiger partial charge < -0.3 is 15.4 Å². The van der Waals surface area contributed by atoms with Crippen LogP contribution in [0.3, 0.4) is 0 Å². The molecule has 2 aliphatic heterocycles. The predicted octanol–water partition coefficient (Wildman–Crippen LogP) is 4.10. The van der Waals surface area contributed by atoms with E-state index in [1.165, 1.54) is 6.34 Å². The maximum Gasteiger partial charge on any atom is 0.230 e. The maximum atomic E-state index is 13.7. The predicted molar refractivity (Wildman–Crippen MR) is 147 cm³/mol. The van der Waals surface area contributed by atoms with Gasteiger partial charge in [0.25, 0.3) is 0 Å². The average Bonchev–Trinajstić information content (AvgIpc) is 3.40. The Morgan fingerprint density at radius 2 is 1.58 bits per heavy atom. The van der Waals surface area contributed by atoms with Crippen molar-refractivity contribution in [2.24, 2.45) is 9.98 Å². The maximum absolute atomic E-state index is 13.7. The molecule has 0 spiro atoms. The summed E-state index contributed by atoms with van der Waals surface area (Å²) in [7, 11) is 0. The molecular weight excluding hydrogens is 476 g/mol. The monoisotopic (exact) mass is 504 g/mol. The summed E-state index contributed by atoms with van der Waals surface area (Å²) < 4.78 is 1.98. The van der Waals surface area contributed by atoms with E-state index in [1.807, 2.05) is 84.3 Å². The number of fused-ring (bicyclic) bond motifs is 3. The fraction of sp³-hybridized carbons (Fsp3) is 0.200. The van der Waals surface area contributed by atoms with Gasteiger partial charge in [0, 0.05) is 12.1 Å². The fourth-order valence-electron chi connectivity index (χ4n) is 5.31. The summed E-state index contributed by atoms with van der Waals surface area (Å²) in [4.78, 5) is 29.8. The van der Waals surface area contributed by atoms with Crippen LogP contribution in [-0.4, -0.2) is 37.6 Å². The molecule has 8 heteroatoms. The summed E-state index contributed by atoms with van der Waals surface area (Å²) in [5.74, 6) is 1.25. The summed E-state index contributed by atoms with van der Waals surface area (Å²) in [6.45, 7) is 2.94. The van der Waals surface area contributed by atoms with Gasteiger partial charge in [-0.25, -0.2) is 15.0 Å². The first-order chi connectivity index (χ1) is 18.5. The Hall–Kier alpha value is -4.56. The molecule has 0 bridgehead atoms. The molecule has 0 radical (unpaired) electrons. The van der Waals surface area contributed by atoms with Crippen LogP contribution in [0.5, 0.6) is 0 Å². The SMILES string of the molecule is Cc1ccc(CN2C(=O)CC3(c4ccc(CO)cc4)C2=NC=Nc2c3ncn2Cc2ccc(N)cc2)cc1. The van der Waals surface area contributed by atoms with Gasteiger partial charge in [0.1, 0.15) is 23.3 Å². The number of aliphatic imine (C=N–C) groups is 2. The van der Waals surface area contributed by atoms with Crippen molar-refractivity contribution in [3.05, 3.63) is 113 Å². The third kappa shape index (κ3) is 3.99. The zero-order valence-corrected chi connectivity index (χ0v) is 21.1. The number of nitrogens with zero attached hydrogens (tertiary/aromatic N) is 5. The number of aromatic nitrogens is 2. The van der Waals surface area contributed by atoms with Gasteiger partial charge in [0.15, 0.2) is 5.82 Å². The molecule has 2 aliphatic rings. The minimum absolute atomic E-state index is 0.0232. The van der Waals surface area contributed by atoms with E-state index in [0.717, 1.165) is 27.8 Å². The van der Waals surface area contributed by atoms with Crippen LogP contribution < -0.4 is 5.73 Å². The Bertz CT molecular complexity index is 1550. The molecule has 1 aromatic heterocycles. The van der Waals surface area contributed by atoms with E-state index in [2.05, 4.69) is 0 Å². The highest BCUT2D eigenvalue weighted by Gasteiger charge is 2.55. The second kappa shape index (κ2) is 9.39. The standard InChI is InChI=1S/C30H28N6O2/c1-20-2-4-22(5-3-20)16-36-26(38)14-30(24-10-6-23(17-37)7-11-24)27-28(32-18-33-29(30)36)35(19-34-27)15-21-8-12-25(31)13-9-21/h2-13,18-19,37H,14-17,31H2,1H3. The lowest BCUT2D eigenvalue weighted by molar-refractivity contribution is -0.126. The number of amides is 1. The second-order valence-corrected chi connectivity index (χ2v) is 9.89. The van der Waals surface area contributed by atoms with Crippen LogP contribution in [0.1, 0.15) is 39.9 Å². The Kier molecular flexibility index (Phi) is 5.88. The number of rotatable bonds is 6. The summed E-state index contributed by atoms with van der Waals surface area (Å²) in [6.07, 6.45) is 3.49. The van der Waals surface area contributed by atoms with Crippen molar-refractivity contribution in [2.45, 2.75) is 38.5 Å². The third-order valence-electron chi connectivity index (χ3n) is 7.35. The molecule has 0 saturated carbocycles. The number of imidazole rings is 1. The molecule has 0 aliphatic carbocycles. The van der Waals surface area contributed by atoms with E-state index in [1.54, 1.807) is 11.2 Å². The Morgan fingerprint density at radius 1 is 0.921 bits per heavy atom. The van der Waals surface area contributed by atoms with Crippen LogP contribution in [0.2, 0.25) is 0 Å². The molecule has 4 aromatic rings. The smallest absolute Gasteiger partial charge is 0.230 e. The van der Waals surface area contributed by atoms with Crippen molar-refractivity contribution in [2.75, 3.05) is 5.73 Å². The normalized spacial score (nSPS) is 18.2. The number of anilines is 1. The first-order valence-electron chi connectivity index (χ1n) is 12.5. The number of hydrogen-bond donors (Lipinski definition) is 2. The topological polar surface area (TPSA) is 109 Å². The van der Waals surface area contributed by atoms with Gasteiger partial charge in [-0.1, -0.05) is 66.2 Å². The van der Waals surface area contributed by atoms with Crippen LogP contribution in [0.25, 0.3) is 0 Å². The third-order valence-corrected chi connectivity index (χ3v) is 7.35. The highest BCUT2D eigenvalue weighted by atomic mass is 16.3. The Balaban J connectivity index is 1.47. The quantitative estimate of drug-likeness (QED) is 0.385. The Labute approximate surface area is 220 Å². The van der Waals surface area contributed by atoms with E-state index >= 15 is 0 Å². The number of benzene rings is 3. The summed E-state index contributed by atoms with van der Waals surface area (Å²) >= 11 is 0. The molecular formula is C30H28N6O2. The summed E-state index contributed by atoms with van der Waals surface area (Å²) in [6, 6.07) is 23.6. The van der Waals surface area contributed by atoms with Gasteiger partial charge in [-0.3, -0.25) is 9.69 Å². The van der Waals surface area contributed by atoms with Crippen molar-refractivity contribution in [3.63, 3.8) is 0 Å². The van der Waals surface area contributed by atoms with Crippen LogP contribution in [0.15, 0.2) is 89.1 Å². The molecule has 38 heavy (non-hydrogen) atoms. The van der Waals surface area contributed by atoms with Gasteiger partial charge in [-0.05, 0) is 41.3 Å². The van der Waals surface area contributed by atoms with Crippen molar-refractivity contribution < 1.29 is 9.90 Å². The van der Waals surface area contributed by atoms with Gasteiger partial charge in [-0.15, -0.1) is 0 Å². The van der Waals surface area contributed by atoms with E-state index in [9.17, 15) is 9.90 Å². The lowest BCUT2D eigenvalue weighted by Crippen LogP contribution is -2.39. The largest absolute Gasteiger partial charge is 0.399 e. The molecule has 1 atom stereocenters. The van der Waals surface area contributed by atoms with Gasteiger partial charge in [0.05, 0.1) is 26.0 Å². The number of aliphatic hydroxyl groups is 1. The second-order valence-electron chi connectivity index (χ2n) is 9.89. The van der Waals surface area contributed by atoms with Gasteiger partial charge >= 0.3 is 0 Å². The molecule has 1 fully saturated rings. The summed E-state index contributed by atoms with van der Waals surface area (Å²) in [5.41, 5.74) is 11.3. The van der Waals surface area contributed by atoms with Crippen LogP contribution >= 0.6 is 0 Å². The number of nitrogens with two attached hydrogens (primary N) is 1. The molecule has 1 unspecified atom stereocenters. The minimum atomic E-state index is -0.909. The number of aryl methyl sites for hydroxylation is 1. The number of amidine groups is 1. The lowest BCUT2D eigenvalue weighted by atomic mass is 9.75. The van der Waals surface area contributed by atoms with E-state index in [0.29, 0.717) is 36.1 Å². The van der Waals surface area contributed by atoms with Crippen molar-refractivity contribution >= 4 is 29.6 Å². The molecule has 3 N–H and O–H groups in total. The lowest BCUT2D eigenvalue weighted by Gasteiger charge is -2.29. The average molecular weight is 505 g/mol. The van der Waals surface area contributed by atoms with Crippen molar-refractivity contribution in [3.8, 4) is 0 Å². The van der Waals surface area contributed by atoms with E-state index in [4.69, 9.17) is 20.7 Å². The van der Waals surface area contributed by atoms with Crippen molar-refractivity contribution in [1.29, 1.82) is 0 Å². The number of likely N-dealkylation sites (tertiary alicyclic amines) is 1. The molecule has 3 heterocycles. The van der Waals surface area contributed by atoms with E-state index in [-0.39, 0.29) is 18.9 Å². The number of carbonyl (C=O) groups is 1. The molecule has 3 aromatic carbocycles. The van der Waals surface area contributed by atoms with Crippen LogP contribution in [0.4, 0.5) is 11.5 Å². The van der Waals surface area contributed by atoms with Crippen LogP contribution in [-0.2, 0) is 29.9 Å². The number of nitrogen functional groups attached to an aromatic ring is 1. The highest BCUT2D eigenvalue weighted by molar-refractivity contribution is 6.16. The molecule has 190 valence electrons. The zero-order chi connectivity index (χ0) is 26.3. The highest BCUT2D eigenvalue weighted by Crippen LogP contribution is 2.47. The first kappa shape index (κ1) is 23.8. The number of aliphatic hydroxyl groups excluding tert-OH is 1. The number of hydrogen-bond acceptors (Lipinski definition) is 6. The van der Waals surface area contributed by atoms with Gasteiger partial charge in [-0.2, -0.15) is 0 Å². The molecule has 8 nitrogen and oxygen atoms in total. The van der Waals surface area contributed by atoms with Crippen LogP contribution in [0, 0.1) is 6.92 Å². The molecule has 6 rings (SSSR count). The van der Waals surface area contributed by atoms with Gasteiger partial charge in [0.2, 0.25) is 5.91 Å². The van der Waals surface area contributed by atoms with E-state index < -0.39 is 5.41 Å². The van der Waals surface area contributed by atoms with Crippen molar-refractivity contribution in [1.82, 2.24) is 14.5 Å². The number of carbonyl (C=O) groups excluding carboxylic acids is 1. The Morgan fingerprint density at radius 3 is 2.29 bits per heavy atom. The summed E-state index contributed by atoms with van der Waals surface area (Å²) in [5, 5.41) is 9.63.